The highest BCUT2D eigenvalue weighted by Gasteiger charge is 2.48. The molecule has 0 spiro atoms. The molecule has 1 heterocycles. The van der Waals surface area contributed by atoms with Crippen LogP contribution in [0.5, 0.6) is 5.75 Å². The van der Waals surface area contributed by atoms with Gasteiger partial charge in [-0.3, -0.25) is 14.4 Å². The molecule has 5 amide bonds. The molecule has 0 bridgehead atoms. The van der Waals surface area contributed by atoms with Gasteiger partial charge >= 0.3 is 6.03 Å². The quantitative estimate of drug-likeness (QED) is 0.194. The molecule has 0 radical (unpaired) electrons. The maximum absolute atomic E-state index is 14.3. The third-order valence-corrected chi connectivity index (χ3v) is 11.5. The lowest BCUT2D eigenvalue weighted by atomic mass is 9.84. The largest absolute Gasteiger partial charge is 0.496 e. The molecule has 2 rings (SSSR count). The molecule has 0 unspecified atom stereocenters. The smallest absolute Gasteiger partial charge is 0.315 e. The van der Waals surface area contributed by atoms with E-state index in [0.29, 0.717) is 18.6 Å². The first-order valence-corrected chi connectivity index (χ1v) is 20.4. The van der Waals surface area contributed by atoms with Crippen molar-refractivity contribution >= 4 is 49.7 Å². The highest BCUT2D eigenvalue weighted by molar-refractivity contribution is 9.10. The summed E-state index contributed by atoms with van der Waals surface area (Å²) in [6.45, 7) is 14.9. The number of hydrogen-bond donors (Lipinski definition) is 4. The van der Waals surface area contributed by atoms with Crippen molar-refractivity contribution in [1.29, 1.82) is 0 Å². The molecule has 53 heavy (non-hydrogen) atoms. The monoisotopic (exact) mass is 836 g/mol. The molecule has 1 aliphatic rings. The average molecular weight is 838 g/mol. The molecule has 1 aromatic rings. The van der Waals surface area contributed by atoms with E-state index in [0.717, 1.165) is 20.6 Å². The van der Waals surface area contributed by atoms with Crippen LogP contribution in [0, 0.1) is 22.7 Å². The number of amides is 5. The summed E-state index contributed by atoms with van der Waals surface area (Å²) in [4.78, 5) is 56.4. The Labute approximate surface area is 322 Å². The number of halogens is 3. The Morgan fingerprint density at radius 3 is 2.15 bits per heavy atom. The first-order valence-electron chi connectivity index (χ1n) is 17.7. The number of nitrogens with one attached hydrogen (secondary N) is 4. The van der Waals surface area contributed by atoms with Crippen LogP contribution in [0.4, 0.5) is 13.6 Å². The number of benzene rings is 1. The minimum Gasteiger partial charge on any atom is -0.496 e. The maximum atomic E-state index is 14.3. The summed E-state index contributed by atoms with van der Waals surface area (Å²) in [5.41, 5.74) is -0.546. The standard InChI is InChI=1S/C36H59BrF2N6O7S/c1-21(2)23-15-17-45(33(48)30(36(6,7)8)43-34(49)42-27(35(3,4)5)20-44(9)53(11,50)51)29(23)32(47)41-25(19-28(38)39)31(46)40-16-14-22-12-13-26(52-10)24(37)18-22/h12-13,18,21,23,25,27-30H,14-17,19-20H2,1-11H3,(H,40,46)(H,41,47)(H2,42,43,49)/t23-,25+,27-,29+,30-/m1/s1. The topological polar surface area (TPSA) is 166 Å². The Bertz CT molecular complexity index is 1550. The van der Waals surface area contributed by atoms with Gasteiger partial charge < -0.3 is 30.9 Å². The SMILES string of the molecule is COc1ccc(CCNC(=O)[C@H](CC(F)F)NC(=O)[C@@H]2[C@@H](C(C)C)CCN2C(=O)[C@@H](NC(=O)N[C@H](CN(C)S(C)(=O)=O)C(C)(C)C)C(C)(C)C)cc1Br. The van der Waals surface area contributed by atoms with E-state index in [9.17, 15) is 36.4 Å². The number of ether oxygens (including phenoxy) is 1. The van der Waals surface area contributed by atoms with Gasteiger partial charge in [-0.1, -0.05) is 61.5 Å². The van der Waals surface area contributed by atoms with E-state index >= 15 is 0 Å². The Morgan fingerprint density at radius 1 is 1.04 bits per heavy atom. The number of likely N-dealkylation sites (N-methyl/N-ethyl adjacent to an activating group) is 1. The van der Waals surface area contributed by atoms with Crippen LogP contribution < -0.4 is 26.0 Å². The lowest BCUT2D eigenvalue weighted by Gasteiger charge is -2.38. The van der Waals surface area contributed by atoms with Gasteiger partial charge in [-0.05, 0) is 69.1 Å². The summed E-state index contributed by atoms with van der Waals surface area (Å²) in [7, 11) is -0.591. The fraction of sp³-hybridized carbons (Fsp3) is 0.722. The van der Waals surface area contributed by atoms with E-state index in [2.05, 4.69) is 37.2 Å². The molecular weight excluding hydrogens is 778 g/mol. The Hall–Kier alpha value is -3.05. The Kier molecular flexibility index (Phi) is 16.5. The number of rotatable bonds is 16. The van der Waals surface area contributed by atoms with Gasteiger partial charge in [-0.25, -0.2) is 26.3 Å². The van der Waals surface area contributed by atoms with Crippen LogP contribution in [-0.4, -0.2) is 112 Å². The van der Waals surface area contributed by atoms with E-state index < -0.39 is 81.6 Å². The zero-order chi connectivity index (χ0) is 40.6. The second-order valence-corrected chi connectivity index (χ2v) is 19.2. The summed E-state index contributed by atoms with van der Waals surface area (Å²) in [6.07, 6.45) is -1.91. The third kappa shape index (κ3) is 13.6. The lowest BCUT2D eigenvalue weighted by Crippen LogP contribution is -2.62. The van der Waals surface area contributed by atoms with E-state index in [1.807, 2.05) is 46.8 Å². The van der Waals surface area contributed by atoms with E-state index in [1.54, 1.807) is 26.8 Å². The van der Waals surface area contributed by atoms with Crippen molar-refractivity contribution in [3.05, 3.63) is 28.2 Å². The maximum Gasteiger partial charge on any atom is 0.315 e. The van der Waals surface area contributed by atoms with Gasteiger partial charge in [0.25, 0.3) is 0 Å². The molecule has 1 fully saturated rings. The van der Waals surface area contributed by atoms with E-state index in [-0.39, 0.29) is 31.5 Å². The fourth-order valence-electron chi connectivity index (χ4n) is 6.16. The summed E-state index contributed by atoms with van der Waals surface area (Å²) in [5, 5.41) is 10.8. The Morgan fingerprint density at radius 2 is 1.66 bits per heavy atom. The normalized spacial score (nSPS) is 18.5. The van der Waals surface area contributed by atoms with Gasteiger partial charge in [-0.15, -0.1) is 0 Å². The number of hydrogen-bond acceptors (Lipinski definition) is 7. The molecule has 0 aromatic heterocycles. The molecule has 1 saturated heterocycles. The van der Waals surface area contributed by atoms with Crippen molar-refractivity contribution in [3.63, 3.8) is 0 Å². The van der Waals surface area contributed by atoms with Gasteiger partial charge in [-0.2, -0.15) is 0 Å². The minimum atomic E-state index is -3.54. The number of carbonyl (C=O) groups is 4. The van der Waals surface area contributed by atoms with Crippen molar-refractivity contribution in [2.75, 3.05) is 40.0 Å². The molecule has 0 aliphatic carbocycles. The van der Waals surface area contributed by atoms with Crippen LogP contribution in [0.15, 0.2) is 22.7 Å². The first kappa shape index (κ1) is 46.1. The molecule has 17 heteroatoms. The number of urea groups is 1. The third-order valence-electron chi connectivity index (χ3n) is 9.57. The van der Waals surface area contributed by atoms with E-state index in [4.69, 9.17) is 4.74 Å². The molecule has 0 saturated carbocycles. The van der Waals surface area contributed by atoms with Crippen LogP contribution in [0.25, 0.3) is 0 Å². The number of carbonyl (C=O) groups excluding carboxylic acids is 4. The van der Waals surface area contributed by atoms with Crippen molar-refractivity contribution in [2.24, 2.45) is 22.7 Å². The highest BCUT2D eigenvalue weighted by atomic mass is 79.9. The van der Waals surface area contributed by atoms with Gasteiger partial charge in [0.2, 0.25) is 34.2 Å². The number of sulfonamides is 1. The molecule has 302 valence electrons. The Balaban J connectivity index is 2.29. The summed E-state index contributed by atoms with van der Waals surface area (Å²) in [6, 6.07) is 0.290. The van der Waals surface area contributed by atoms with Gasteiger partial charge in [0.1, 0.15) is 23.9 Å². The van der Waals surface area contributed by atoms with Crippen molar-refractivity contribution in [3.8, 4) is 5.75 Å². The molecule has 13 nitrogen and oxygen atoms in total. The molecular formula is C36H59BrF2N6O7S. The molecule has 4 N–H and O–H groups in total. The van der Waals surface area contributed by atoms with Gasteiger partial charge in [0, 0.05) is 39.1 Å². The van der Waals surface area contributed by atoms with Crippen LogP contribution in [0.3, 0.4) is 0 Å². The number of nitrogens with zero attached hydrogens (tertiary/aromatic N) is 2. The number of likely N-dealkylation sites (tertiary alicyclic amines) is 1. The number of alkyl halides is 2. The van der Waals surface area contributed by atoms with Gasteiger partial charge in [0.05, 0.1) is 17.8 Å². The van der Waals surface area contributed by atoms with Crippen LogP contribution in [0.1, 0.15) is 73.8 Å². The summed E-state index contributed by atoms with van der Waals surface area (Å²) in [5.74, 6) is -1.86. The lowest BCUT2D eigenvalue weighted by molar-refractivity contribution is -0.144. The van der Waals surface area contributed by atoms with Crippen LogP contribution >= 0.6 is 15.9 Å². The zero-order valence-corrected chi connectivity index (χ0v) is 35.2. The van der Waals surface area contributed by atoms with Crippen LogP contribution in [0.2, 0.25) is 0 Å². The molecule has 1 aliphatic heterocycles. The second kappa shape index (κ2) is 19.0. The fourth-order valence-corrected chi connectivity index (χ4v) is 7.16. The highest BCUT2D eigenvalue weighted by Crippen LogP contribution is 2.34. The minimum absolute atomic E-state index is 0.0129. The van der Waals surface area contributed by atoms with E-state index in [1.165, 1.54) is 19.1 Å². The second-order valence-electron chi connectivity index (χ2n) is 16.2. The van der Waals surface area contributed by atoms with Crippen molar-refractivity contribution < 1.29 is 41.1 Å². The predicted octanol–water partition coefficient (Wildman–Crippen LogP) is 4.15. The number of methoxy groups -OCH3 is 1. The predicted molar refractivity (Wildman–Crippen MR) is 204 cm³/mol. The van der Waals surface area contributed by atoms with Crippen molar-refractivity contribution in [1.82, 2.24) is 30.5 Å². The zero-order valence-electron chi connectivity index (χ0n) is 32.8. The summed E-state index contributed by atoms with van der Waals surface area (Å²) < 4.78 is 58.8. The van der Waals surface area contributed by atoms with Crippen molar-refractivity contribution in [2.45, 2.75) is 105 Å². The summed E-state index contributed by atoms with van der Waals surface area (Å²) >= 11 is 3.41. The molecule has 1 aromatic carbocycles. The molecule has 5 atom stereocenters. The van der Waals surface area contributed by atoms with Gasteiger partial charge in [0.15, 0.2) is 0 Å². The average Bonchev–Trinajstić information content (AvgIpc) is 3.47. The van der Waals surface area contributed by atoms with Crippen LogP contribution in [-0.2, 0) is 30.8 Å². The first-order chi connectivity index (χ1) is 24.3.